The topological polar surface area (TPSA) is 75.7 Å². The van der Waals surface area contributed by atoms with Gasteiger partial charge in [0.15, 0.2) is 0 Å². The molecule has 1 atom stereocenters. The van der Waals surface area contributed by atoms with Crippen LogP contribution in [0.3, 0.4) is 0 Å². The number of anilines is 1. The number of para-hydroxylation sites is 1. The minimum atomic E-state index is -3.63. The van der Waals surface area contributed by atoms with Gasteiger partial charge in [-0.05, 0) is 69.4 Å². The van der Waals surface area contributed by atoms with E-state index in [-0.39, 0.29) is 5.91 Å². The average molecular weight is 433 g/mol. The molecule has 0 radical (unpaired) electrons. The summed E-state index contributed by atoms with van der Waals surface area (Å²) >= 11 is 0. The third-order valence-electron chi connectivity index (χ3n) is 4.89. The maximum absolute atomic E-state index is 12.7. The molecule has 1 unspecified atom stereocenters. The van der Waals surface area contributed by atoms with Crippen molar-refractivity contribution in [2.75, 3.05) is 23.7 Å². The fourth-order valence-corrected chi connectivity index (χ4v) is 4.61. The summed E-state index contributed by atoms with van der Waals surface area (Å²) in [6.07, 6.45) is 2.62. The van der Waals surface area contributed by atoms with E-state index in [0.29, 0.717) is 18.8 Å². The van der Waals surface area contributed by atoms with Gasteiger partial charge in [0.25, 0.3) is 0 Å². The smallest absolute Gasteiger partial charge is 0.243 e. The molecule has 0 aromatic heterocycles. The number of ether oxygens (including phenoxy) is 1. The zero-order chi connectivity index (χ0) is 22.3. The Morgan fingerprint density at radius 2 is 1.87 bits per heavy atom. The molecule has 0 aliphatic rings. The van der Waals surface area contributed by atoms with Crippen LogP contribution in [-0.4, -0.2) is 39.8 Å². The molecule has 164 valence electrons. The van der Waals surface area contributed by atoms with Gasteiger partial charge >= 0.3 is 0 Å². The number of hydrogen-bond acceptors (Lipinski definition) is 4. The first-order valence-electron chi connectivity index (χ1n) is 10.2. The second-order valence-corrected chi connectivity index (χ2v) is 9.32. The first-order valence-corrected chi connectivity index (χ1v) is 12.0. The Kier molecular flexibility index (Phi) is 8.29. The Morgan fingerprint density at radius 3 is 2.53 bits per heavy atom. The third-order valence-corrected chi connectivity index (χ3v) is 6.11. The van der Waals surface area contributed by atoms with Gasteiger partial charge in [-0.3, -0.25) is 9.10 Å². The maximum Gasteiger partial charge on any atom is 0.243 e. The highest BCUT2D eigenvalue weighted by atomic mass is 32.2. The van der Waals surface area contributed by atoms with Crippen molar-refractivity contribution in [3.63, 3.8) is 0 Å². The second-order valence-electron chi connectivity index (χ2n) is 7.46. The molecule has 0 heterocycles. The molecule has 1 amide bonds. The van der Waals surface area contributed by atoms with Crippen LogP contribution in [0, 0.1) is 13.8 Å². The van der Waals surface area contributed by atoms with Crippen molar-refractivity contribution in [2.45, 2.75) is 46.6 Å². The molecule has 0 saturated carbocycles. The van der Waals surface area contributed by atoms with Gasteiger partial charge in [0.05, 0.1) is 18.6 Å². The van der Waals surface area contributed by atoms with Crippen molar-refractivity contribution in [1.82, 2.24) is 5.32 Å². The van der Waals surface area contributed by atoms with Crippen molar-refractivity contribution in [3.05, 3.63) is 59.2 Å². The van der Waals surface area contributed by atoms with Gasteiger partial charge in [-0.1, -0.05) is 30.3 Å². The van der Waals surface area contributed by atoms with E-state index in [4.69, 9.17) is 4.74 Å². The van der Waals surface area contributed by atoms with Gasteiger partial charge in [0.2, 0.25) is 15.9 Å². The maximum atomic E-state index is 12.7. The predicted octanol–water partition coefficient (Wildman–Crippen LogP) is 3.61. The first-order chi connectivity index (χ1) is 14.1. The molecule has 0 spiro atoms. The Hall–Kier alpha value is -2.54. The summed E-state index contributed by atoms with van der Waals surface area (Å²) in [5.41, 5.74) is 3.36. The molecule has 30 heavy (non-hydrogen) atoms. The Balaban J connectivity index is 2.04. The highest BCUT2D eigenvalue weighted by Gasteiger charge is 2.30. The molecule has 0 aliphatic carbocycles. The lowest BCUT2D eigenvalue weighted by molar-refractivity contribution is -0.121. The fraction of sp³-hybridized carbons (Fsp3) is 0.435. The van der Waals surface area contributed by atoms with Crippen LogP contribution in [0.5, 0.6) is 5.75 Å². The molecular formula is C23H32N2O4S. The molecule has 6 nitrogen and oxygen atoms in total. The molecule has 1 N–H and O–H groups in total. The molecule has 7 heteroatoms. The van der Waals surface area contributed by atoms with E-state index >= 15 is 0 Å². The predicted molar refractivity (Wildman–Crippen MR) is 122 cm³/mol. The number of benzene rings is 2. The van der Waals surface area contributed by atoms with Crippen molar-refractivity contribution in [3.8, 4) is 5.75 Å². The molecule has 2 aromatic carbocycles. The van der Waals surface area contributed by atoms with Gasteiger partial charge in [0, 0.05) is 6.54 Å². The number of nitrogens with one attached hydrogen (secondary N) is 1. The fourth-order valence-electron chi connectivity index (χ4n) is 3.38. The van der Waals surface area contributed by atoms with E-state index < -0.39 is 16.1 Å². The molecule has 2 aromatic rings. The van der Waals surface area contributed by atoms with Crippen molar-refractivity contribution >= 4 is 21.6 Å². The van der Waals surface area contributed by atoms with Crippen LogP contribution in [0.25, 0.3) is 0 Å². The van der Waals surface area contributed by atoms with E-state index in [2.05, 4.69) is 5.32 Å². The number of sulfonamides is 1. The lowest BCUT2D eigenvalue weighted by atomic mass is 10.1. The Labute approximate surface area is 180 Å². The minimum Gasteiger partial charge on any atom is -0.494 e. The quantitative estimate of drug-likeness (QED) is 0.582. The SMILES string of the molecule is CCOc1ccccc1CCCNC(=O)C(C)N(c1cc(C)ccc1C)S(C)(=O)=O. The van der Waals surface area contributed by atoms with Crippen LogP contribution in [0.4, 0.5) is 5.69 Å². The Morgan fingerprint density at radius 1 is 1.17 bits per heavy atom. The van der Waals surface area contributed by atoms with Gasteiger partial charge in [0.1, 0.15) is 11.8 Å². The van der Waals surface area contributed by atoms with E-state index in [1.54, 1.807) is 13.0 Å². The molecule has 0 aliphatic heterocycles. The van der Waals surface area contributed by atoms with Crippen LogP contribution in [0.15, 0.2) is 42.5 Å². The van der Waals surface area contributed by atoms with Gasteiger partial charge < -0.3 is 10.1 Å². The summed E-state index contributed by atoms with van der Waals surface area (Å²) in [6, 6.07) is 12.6. The summed E-state index contributed by atoms with van der Waals surface area (Å²) in [6.45, 7) is 8.35. The standard InChI is InChI=1S/C23H32N2O4S/c1-6-29-22-12-8-7-10-20(22)11-9-15-24-23(26)19(4)25(30(5,27)28)21-16-17(2)13-14-18(21)3/h7-8,10,12-14,16,19H,6,9,11,15H2,1-5H3,(H,24,26). The number of rotatable bonds is 10. The van der Waals surface area contributed by atoms with Crippen molar-refractivity contribution < 1.29 is 17.9 Å². The minimum absolute atomic E-state index is 0.320. The zero-order valence-corrected chi connectivity index (χ0v) is 19.3. The molecule has 0 bridgehead atoms. The van der Waals surface area contributed by atoms with Gasteiger partial charge in [-0.15, -0.1) is 0 Å². The van der Waals surface area contributed by atoms with Gasteiger partial charge in [-0.25, -0.2) is 8.42 Å². The highest BCUT2D eigenvalue weighted by Crippen LogP contribution is 2.26. The number of aryl methyl sites for hydroxylation is 3. The number of amides is 1. The average Bonchev–Trinajstić information content (AvgIpc) is 2.68. The summed E-state index contributed by atoms with van der Waals surface area (Å²) in [5, 5.41) is 2.87. The number of carbonyl (C=O) groups is 1. The van der Waals surface area contributed by atoms with Crippen LogP contribution in [0.2, 0.25) is 0 Å². The van der Waals surface area contributed by atoms with E-state index in [9.17, 15) is 13.2 Å². The lowest BCUT2D eigenvalue weighted by Crippen LogP contribution is -2.48. The zero-order valence-electron chi connectivity index (χ0n) is 18.4. The second kappa shape index (κ2) is 10.5. The van der Waals surface area contributed by atoms with Crippen LogP contribution >= 0.6 is 0 Å². The molecular weight excluding hydrogens is 400 g/mol. The number of nitrogens with zero attached hydrogens (tertiary/aromatic N) is 1. The Bertz CT molecular complexity index is 973. The van der Waals surface area contributed by atoms with Crippen LogP contribution in [-0.2, 0) is 21.2 Å². The summed E-state index contributed by atoms with van der Waals surface area (Å²) in [5.74, 6) is 0.539. The lowest BCUT2D eigenvalue weighted by Gasteiger charge is -2.29. The van der Waals surface area contributed by atoms with Crippen molar-refractivity contribution in [1.29, 1.82) is 0 Å². The largest absolute Gasteiger partial charge is 0.494 e. The van der Waals surface area contributed by atoms with Crippen molar-refractivity contribution in [2.24, 2.45) is 0 Å². The monoisotopic (exact) mass is 432 g/mol. The van der Waals surface area contributed by atoms with Gasteiger partial charge in [-0.2, -0.15) is 0 Å². The summed E-state index contributed by atoms with van der Waals surface area (Å²) in [4.78, 5) is 12.7. The molecule has 0 fully saturated rings. The number of hydrogen-bond donors (Lipinski definition) is 1. The van der Waals surface area contributed by atoms with E-state index in [0.717, 1.165) is 41.5 Å². The summed E-state index contributed by atoms with van der Waals surface area (Å²) < 4.78 is 31.8. The summed E-state index contributed by atoms with van der Waals surface area (Å²) in [7, 11) is -3.63. The first kappa shape index (κ1) is 23.7. The number of carbonyl (C=O) groups excluding carboxylic acids is 1. The molecule has 0 saturated heterocycles. The third kappa shape index (κ3) is 6.23. The van der Waals surface area contributed by atoms with E-state index in [1.807, 2.05) is 57.2 Å². The normalized spacial score (nSPS) is 12.3. The van der Waals surface area contributed by atoms with Crippen LogP contribution < -0.4 is 14.4 Å². The van der Waals surface area contributed by atoms with E-state index in [1.165, 1.54) is 4.31 Å². The van der Waals surface area contributed by atoms with Crippen LogP contribution in [0.1, 0.15) is 37.0 Å². The highest BCUT2D eigenvalue weighted by molar-refractivity contribution is 7.92. The molecule has 2 rings (SSSR count).